The first-order valence-corrected chi connectivity index (χ1v) is 5.70. The van der Waals surface area contributed by atoms with Crippen molar-refractivity contribution in [2.75, 3.05) is 0 Å². The van der Waals surface area contributed by atoms with Crippen LogP contribution in [-0.2, 0) is 4.79 Å². The Morgan fingerprint density at radius 3 is 2.69 bits per heavy atom. The highest BCUT2D eigenvalue weighted by atomic mass is 16.4. The number of nitrogens with zero attached hydrogens (tertiary/aromatic N) is 2. The summed E-state index contributed by atoms with van der Waals surface area (Å²) in [6.07, 6.45) is 2.49. The van der Waals surface area contributed by atoms with Crippen LogP contribution in [0.3, 0.4) is 0 Å². The quantitative estimate of drug-likeness (QED) is 0.843. The fourth-order valence-corrected chi connectivity index (χ4v) is 2.11. The van der Waals surface area contributed by atoms with Gasteiger partial charge >= 0.3 is 0 Å². The Morgan fingerprint density at radius 2 is 2.19 bits per heavy atom. The van der Waals surface area contributed by atoms with Gasteiger partial charge in [-0.1, -0.05) is 13.8 Å². The zero-order valence-electron chi connectivity index (χ0n) is 9.64. The van der Waals surface area contributed by atoms with Crippen LogP contribution in [0.5, 0.6) is 0 Å². The predicted molar refractivity (Wildman–Crippen MR) is 57.7 cm³/mol. The number of aromatic nitrogens is 2. The van der Waals surface area contributed by atoms with E-state index in [9.17, 15) is 4.79 Å². The molecular weight excluding hydrogens is 206 g/mol. The molecule has 2 rings (SSSR count). The monoisotopic (exact) mass is 223 g/mol. The molecule has 0 saturated heterocycles. The Hall–Kier alpha value is -1.39. The van der Waals surface area contributed by atoms with Crippen LogP contribution < -0.4 is 5.73 Å². The van der Waals surface area contributed by atoms with Crippen molar-refractivity contribution in [1.29, 1.82) is 0 Å². The summed E-state index contributed by atoms with van der Waals surface area (Å²) >= 11 is 0. The molecule has 0 spiro atoms. The van der Waals surface area contributed by atoms with Gasteiger partial charge in [0.05, 0.1) is 0 Å². The van der Waals surface area contributed by atoms with Gasteiger partial charge in [-0.3, -0.25) is 4.79 Å². The van der Waals surface area contributed by atoms with Crippen LogP contribution >= 0.6 is 0 Å². The smallest absolute Gasteiger partial charge is 0.220 e. The van der Waals surface area contributed by atoms with Gasteiger partial charge in [0.1, 0.15) is 0 Å². The van der Waals surface area contributed by atoms with Crippen LogP contribution in [0.15, 0.2) is 4.42 Å². The number of nitrogens with two attached hydrogens (primary N) is 1. The van der Waals surface area contributed by atoms with Crippen molar-refractivity contribution in [3.63, 3.8) is 0 Å². The fourth-order valence-electron chi connectivity index (χ4n) is 2.11. The molecule has 0 radical (unpaired) electrons. The Morgan fingerprint density at radius 1 is 1.44 bits per heavy atom. The van der Waals surface area contributed by atoms with Crippen molar-refractivity contribution in [3.8, 4) is 0 Å². The molecule has 1 aromatic rings. The molecule has 1 fully saturated rings. The molecule has 1 amide bonds. The van der Waals surface area contributed by atoms with Crippen LogP contribution in [0.4, 0.5) is 0 Å². The van der Waals surface area contributed by atoms with Crippen molar-refractivity contribution in [3.05, 3.63) is 11.8 Å². The maximum absolute atomic E-state index is 11.0. The van der Waals surface area contributed by atoms with Crippen LogP contribution in [0, 0.1) is 5.92 Å². The molecule has 0 aromatic carbocycles. The molecule has 1 heterocycles. The summed E-state index contributed by atoms with van der Waals surface area (Å²) < 4.78 is 5.58. The number of carbonyl (C=O) groups is 1. The van der Waals surface area contributed by atoms with E-state index in [4.69, 9.17) is 10.2 Å². The summed E-state index contributed by atoms with van der Waals surface area (Å²) in [6.45, 7) is 4.02. The second kappa shape index (κ2) is 4.23. The predicted octanol–water partition coefficient (Wildman–Crippen LogP) is 1.56. The second-order valence-corrected chi connectivity index (χ2v) is 4.74. The molecule has 0 bridgehead atoms. The highest BCUT2D eigenvalue weighted by molar-refractivity contribution is 5.77. The van der Waals surface area contributed by atoms with Crippen molar-refractivity contribution in [1.82, 2.24) is 10.2 Å². The molecular formula is C11H17N3O2. The van der Waals surface area contributed by atoms with Gasteiger partial charge in [0, 0.05) is 17.8 Å². The van der Waals surface area contributed by atoms with E-state index in [0.29, 0.717) is 11.8 Å². The molecule has 5 nitrogen and oxygen atoms in total. The lowest BCUT2D eigenvalue weighted by atomic mass is 10.0. The molecule has 5 heteroatoms. The van der Waals surface area contributed by atoms with Crippen molar-refractivity contribution in [2.24, 2.45) is 11.7 Å². The Kier molecular flexibility index (Phi) is 2.94. The number of primary amides is 1. The second-order valence-electron chi connectivity index (χ2n) is 4.74. The molecule has 88 valence electrons. The maximum atomic E-state index is 11.0. The van der Waals surface area contributed by atoms with Gasteiger partial charge in [-0.2, -0.15) is 0 Å². The number of hydrogen-bond donors (Lipinski definition) is 1. The van der Waals surface area contributed by atoms with Crippen molar-refractivity contribution < 1.29 is 9.21 Å². The summed E-state index contributed by atoms with van der Waals surface area (Å²) in [5.41, 5.74) is 5.29. The largest absolute Gasteiger partial charge is 0.425 e. The first-order valence-electron chi connectivity index (χ1n) is 5.70. The summed E-state index contributed by atoms with van der Waals surface area (Å²) in [5, 5.41) is 8.04. The Labute approximate surface area is 94.4 Å². The van der Waals surface area contributed by atoms with Gasteiger partial charge in [0.15, 0.2) is 0 Å². The minimum absolute atomic E-state index is 0.0283. The average molecular weight is 223 g/mol. The molecule has 1 aromatic heterocycles. The van der Waals surface area contributed by atoms with E-state index in [1.807, 2.05) is 13.8 Å². The van der Waals surface area contributed by atoms with E-state index in [2.05, 4.69) is 10.2 Å². The van der Waals surface area contributed by atoms with Gasteiger partial charge in [0.25, 0.3) is 0 Å². The topological polar surface area (TPSA) is 82.0 Å². The molecule has 2 N–H and O–H groups in total. The Bertz CT molecular complexity index is 386. The van der Waals surface area contributed by atoms with E-state index in [1.165, 1.54) is 0 Å². The third kappa shape index (κ3) is 2.08. The van der Waals surface area contributed by atoms with Crippen molar-refractivity contribution >= 4 is 5.91 Å². The van der Waals surface area contributed by atoms with Crippen LogP contribution in [-0.4, -0.2) is 16.1 Å². The number of rotatable bonds is 3. The van der Waals surface area contributed by atoms with E-state index < -0.39 is 0 Å². The Balaban J connectivity index is 2.06. The molecule has 16 heavy (non-hydrogen) atoms. The summed E-state index contributed by atoms with van der Waals surface area (Å²) in [6, 6.07) is 0. The SMILES string of the molecule is CC(C)c1nnc([C@H]2CC[C@@H](C(N)=O)C2)o1. The third-order valence-electron chi connectivity index (χ3n) is 3.13. The third-order valence-corrected chi connectivity index (χ3v) is 3.13. The van der Waals surface area contributed by atoms with E-state index in [1.54, 1.807) is 0 Å². The zero-order valence-corrected chi connectivity index (χ0v) is 9.64. The normalized spacial score (nSPS) is 25.2. The number of hydrogen-bond acceptors (Lipinski definition) is 4. The lowest BCUT2D eigenvalue weighted by Crippen LogP contribution is -2.20. The number of carbonyl (C=O) groups excluding carboxylic acids is 1. The van der Waals surface area contributed by atoms with Crippen LogP contribution in [0.25, 0.3) is 0 Å². The lowest BCUT2D eigenvalue weighted by Gasteiger charge is -2.04. The standard InChI is InChI=1S/C11H17N3O2/c1-6(2)10-13-14-11(16-10)8-4-3-7(5-8)9(12)15/h6-8H,3-5H2,1-2H3,(H2,12,15)/t7-,8+/m1/s1. The van der Waals surface area contributed by atoms with Gasteiger partial charge in [-0.05, 0) is 19.3 Å². The summed E-state index contributed by atoms with van der Waals surface area (Å²) in [4.78, 5) is 11.0. The fraction of sp³-hybridized carbons (Fsp3) is 0.727. The minimum atomic E-state index is -0.217. The zero-order chi connectivity index (χ0) is 11.7. The maximum Gasteiger partial charge on any atom is 0.220 e. The van der Waals surface area contributed by atoms with E-state index in [-0.39, 0.29) is 23.7 Å². The summed E-state index contributed by atoms with van der Waals surface area (Å²) in [5.74, 6) is 1.53. The average Bonchev–Trinajstić information content (AvgIpc) is 2.86. The molecule has 1 aliphatic carbocycles. The minimum Gasteiger partial charge on any atom is -0.425 e. The number of amides is 1. The molecule has 0 aliphatic heterocycles. The van der Waals surface area contributed by atoms with Gasteiger partial charge in [-0.25, -0.2) is 0 Å². The highest BCUT2D eigenvalue weighted by Gasteiger charge is 2.32. The van der Waals surface area contributed by atoms with Gasteiger partial charge in [0.2, 0.25) is 17.7 Å². The molecule has 0 unspecified atom stereocenters. The molecule has 2 atom stereocenters. The van der Waals surface area contributed by atoms with Crippen molar-refractivity contribution in [2.45, 2.75) is 44.9 Å². The lowest BCUT2D eigenvalue weighted by molar-refractivity contribution is -0.121. The first kappa shape index (κ1) is 11.1. The van der Waals surface area contributed by atoms with Crippen LogP contribution in [0.1, 0.15) is 56.7 Å². The van der Waals surface area contributed by atoms with Crippen LogP contribution in [0.2, 0.25) is 0 Å². The van der Waals surface area contributed by atoms with E-state index >= 15 is 0 Å². The molecule has 1 saturated carbocycles. The van der Waals surface area contributed by atoms with Gasteiger partial charge in [-0.15, -0.1) is 10.2 Å². The molecule has 1 aliphatic rings. The van der Waals surface area contributed by atoms with Gasteiger partial charge < -0.3 is 10.2 Å². The summed E-state index contributed by atoms with van der Waals surface area (Å²) in [7, 11) is 0. The highest BCUT2D eigenvalue weighted by Crippen LogP contribution is 2.37. The first-order chi connectivity index (χ1) is 7.58. The van der Waals surface area contributed by atoms with E-state index in [0.717, 1.165) is 19.3 Å².